The van der Waals surface area contributed by atoms with Crippen molar-refractivity contribution < 1.29 is 67.2 Å². The average molecular weight is 1040 g/mol. The Hall–Kier alpha value is -5.44. The lowest BCUT2D eigenvalue weighted by Crippen LogP contribution is -2.60. The number of carbonyl (C=O) groups excluding carboxylic acids is 8. The molecule has 0 saturated carbocycles. The van der Waals surface area contributed by atoms with Crippen LogP contribution >= 0.6 is 0 Å². The summed E-state index contributed by atoms with van der Waals surface area (Å²) < 4.78 is 23.8. The van der Waals surface area contributed by atoms with Crippen LogP contribution in [0.25, 0.3) is 0 Å². The molecule has 1 aromatic rings. The topological polar surface area (TPSA) is 240 Å². The van der Waals surface area contributed by atoms with Gasteiger partial charge in [-0.25, -0.2) is 9.59 Å². The molecular weight excluding hydrogens is 957 g/mol. The van der Waals surface area contributed by atoms with Crippen molar-refractivity contribution in [3.05, 3.63) is 48.0 Å². The number of ether oxygens (including phenoxy) is 4. The zero-order chi connectivity index (χ0) is 55.0. The van der Waals surface area contributed by atoms with Gasteiger partial charge in [0.25, 0.3) is 11.8 Å². The van der Waals surface area contributed by atoms with Gasteiger partial charge in [-0.2, -0.15) is 0 Å². The normalized spacial score (nSPS) is 22.3. The fraction of sp³-hybridized carbons (Fsp3) is 0.704. The van der Waals surface area contributed by atoms with Crippen LogP contribution in [0.5, 0.6) is 0 Å². The summed E-state index contributed by atoms with van der Waals surface area (Å²) in [7, 11) is 6.10. The van der Waals surface area contributed by atoms with Gasteiger partial charge in [0.15, 0.2) is 0 Å². The molecule has 0 spiro atoms. The maximum Gasteiger partial charge on any atom is 0.410 e. The summed E-state index contributed by atoms with van der Waals surface area (Å²) in [6.07, 6.45) is 2.91. The van der Waals surface area contributed by atoms with Crippen molar-refractivity contribution in [2.75, 3.05) is 41.5 Å². The molecule has 3 N–H and O–H groups in total. The molecule has 0 aromatic heterocycles. The number of allylic oxidation sites excluding steroid dienone is 1. The fourth-order valence-corrected chi connectivity index (χ4v) is 10.3. The fourth-order valence-electron chi connectivity index (χ4n) is 10.3. The number of nitrogens with one attached hydrogen (secondary N) is 2. The van der Waals surface area contributed by atoms with Gasteiger partial charge in [0.2, 0.25) is 23.6 Å². The quantitative estimate of drug-likeness (QED) is 0.0875. The molecule has 3 aliphatic rings. The van der Waals surface area contributed by atoms with Crippen LogP contribution in [0.3, 0.4) is 0 Å². The highest BCUT2D eigenvalue weighted by Gasteiger charge is 2.44. The first-order chi connectivity index (χ1) is 35.1. The molecule has 2 saturated heterocycles. The van der Waals surface area contributed by atoms with E-state index < -0.39 is 121 Å². The molecule has 2 heterocycles. The molecular formula is C54H84N6O14. The zero-order valence-electron chi connectivity index (χ0n) is 45.7. The van der Waals surface area contributed by atoms with Crippen molar-refractivity contribution >= 4 is 47.5 Å². The minimum atomic E-state index is -1.10. The maximum absolute atomic E-state index is 14.8. The highest BCUT2D eigenvalue weighted by atomic mass is 16.7. The van der Waals surface area contributed by atoms with Crippen molar-refractivity contribution in [3.63, 3.8) is 0 Å². The Morgan fingerprint density at radius 2 is 1.49 bits per heavy atom. The molecule has 20 nitrogen and oxygen atoms in total. The van der Waals surface area contributed by atoms with Crippen molar-refractivity contribution in [2.45, 2.75) is 180 Å². The van der Waals surface area contributed by atoms with Gasteiger partial charge in [0.05, 0.1) is 54.9 Å². The van der Waals surface area contributed by atoms with E-state index in [-0.39, 0.29) is 37.0 Å². The first-order valence-electron chi connectivity index (χ1n) is 26.3. The Balaban J connectivity index is 1.45. The number of methoxy groups -OCH3 is 2. The van der Waals surface area contributed by atoms with Crippen LogP contribution in [-0.4, -0.2) is 168 Å². The molecule has 2 aliphatic heterocycles. The molecule has 414 valence electrons. The minimum absolute atomic E-state index is 0.0586. The number of carbonyl (C=O) groups is 8. The predicted octanol–water partition coefficient (Wildman–Crippen LogP) is 4.87. The number of hydrogen-bond acceptors (Lipinski definition) is 14. The van der Waals surface area contributed by atoms with E-state index in [1.165, 1.54) is 26.2 Å². The second-order valence-electron chi connectivity index (χ2n) is 20.7. The third kappa shape index (κ3) is 16.0. The number of hydrogen-bond donors (Lipinski definition) is 3. The molecule has 20 heteroatoms. The van der Waals surface area contributed by atoms with E-state index in [1.54, 1.807) is 76.6 Å². The van der Waals surface area contributed by atoms with Crippen molar-refractivity contribution in [2.24, 2.45) is 23.7 Å². The lowest BCUT2D eigenvalue weighted by Gasteiger charge is -2.41. The second-order valence-corrected chi connectivity index (χ2v) is 20.7. The third-order valence-corrected chi connectivity index (χ3v) is 14.7. The number of nitrogens with zero attached hydrogens (tertiary/aromatic N) is 4. The Labute approximate surface area is 437 Å². The largest absolute Gasteiger partial charge is 0.439 e. The number of aliphatic hydroxyl groups excluding tert-OH is 1. The van der Waals surface area contributed by atoms with Crippen LogP contribution in [0.15, 0.2) is 42.5 Å². The van der Waals surface area contributed by atoms with Gasteiger partial charge < -0.3 is 49.3 Å². The van der Waals surface area contributed by atoms with Crippen LogP contribution < -0.4 is 10.6 Å². The van der Waals surface area contributed by atoms with Crippen LogP contribution in [-0.2, 0) is 57.3 Å². The van der Waals surface area contributed by atoms with Gasteiger partial charge >= 0.3 is 12.1 Å². The third-order valence-electron chi connectivity index (χ3n) is 14.7. The molecule has 2 unspecified atom stereocenters. The highest BCUT2D eigenvalue weighted by Crippen LogP contribution is 2.31. The second kappa shape index (κ2) is 29.0. The number of hydroxylamine groups is 2. The number of benzene rings is 1. The first kappa shape index (κ1) is 61.1. The SMILES string of the molecule is CC[C@H](C)[C@@H]([C@@H](CC(=O)N1CCC[C@H]1[C@H](OC)[C@@H](C)C(=O)N[C@H](C)[C@@H](O)c1ccccc1)OC)N(C)C(=O)[C@@H](NC(=O)[C@H](C(C)C)N(C)C(=O)OC1/C=C/CCCCC1OCC(=O)ON1C(=O)CCC1=O)C(C)C. The predicted molar refractivity (Wildman–Crippen MR) is 273 cm³/mol. The van der Waals surface area contributed by atoms with E-state index in [0.29, 0.717) is 55.7 Å². The molecule has 0 bridgehead atoms. The number of imide groups is 1. The Bertz CT molecular complexity index is 2070. The van der Waals surface area contributed by atoms with Gasteiger partial charge in [-0.1, -0.05) is 97.7 Å². The van der Waals surface area contributed by atoms with E-state index in [4.69, 9.17) is 23.8 Å². The molecule has 2 fully saturated rings. The summed E-state index contributed by atoms with van der Waals surface area (Å²) in [4.78, 5) is 117. The van der Waals surface area contributed by atoms with E-state index in [9.17, 15) is 43.5 Å². The first-order valence-corrected chi connectivity index (χ1v) is 26.3. The summed E-state index contributed by atoms with van der Waals surface area (Å²) >= 11 is 0. The van der Waals surface area contributed by atoms with E-state index in [2.05, 4.69) is 10.6 Å². The van der Waals surface area contributed by atoms with E-state index in [1.807, 2.05) is 38.1 Å². The van der Waals surface area contributed by atoms with Gasteiger partial charge in [-0.3, -0.25) is 33.7 Å². The summed E-state index contributed by atoms with van der Waals surface area (Å²) in [5, 5.41) is 17.2. The van der Waals surface area contributed by atoms with Crippen molar-refractivity contribution in [1.82, 2.24) is 30.4 Å². The standard InChI is InChI=1S/C54H84N6O14/c1-13-34(6)48(41(70-11)30-44(63)59-29-21-24-38(59)50(71-12)35(7)51(66)55-36(8)49(65)37-22-17-16-18-23-37)57(9)53(68)46(32(2)3)56-52(67)47(33(4)5)58(10)54(69)73-40-26-20-15-14-19-25-39(40)72-31-45(64)74-60-42(61)27-28-43(60)62/h16-18,20,22-23,26,32-36,38-41,46-50,65H,13-15,19,21,24-25,27-31H2,1-12H3,(H,55,66)(H,56,67)/b26-20+/t34-,35+,36+,38-,39?,40?,41+,46-,47-,48-,49+,50+/m0/s1. The van der Waals surface area contributed by atoms with E-state index in [0.717, 1.165) is 6.42 Å². The molecule has 74 heavy (non-hydrogen) atoms. The van der Waals surface area contributed by atoms with Crippen molar-refractivity contribution in [1.29, 1.82) is 0 Å². The summed E-state index contributed by atoms with van der Waals surface area (Å²) in [5.74, 6) is -5.45. The number of amides is 7. The van der Waals surface area contributed by atoms with Crippen LogP contribution in [0.4, 0.5) is 4.79 Å². The summed E-state index contributed by atoms with van der Waals surface area (Å²) in [6, 6.07) is 5.30. The molecule has 12 atom stereocenters. The minimum Gasteiger partial charge on any atom is -0.439 e. The van der Waals surface area contributed by atoms with Gasteiger partial charge in [0, 0.05) is 47.7 Å². The number of likely N-dealkylation sites (tertiary alicyclic amines) is 1. The van der Waals surface area contributed by atoms with Crippen LogP contribution in [0, 0.1) is 23.7 Å². The molecule has 0 radical (unpaired) electrons. The van der Waals surface area contributed by atoms with Gasteiger partial charge in [-0.05, 0) is 68.4 Å². The molecule has 7 amide bonds. The number of rotatable bonds is 25. The van der Waals surface area contributed by atoms with Crippen molar-refractivity contribution in [3.8, 4) is 0 Å². The van der Waals surface area contributed by atoms with Gasteiger partial charge in [-0.15, -0.1) is 5.06 Å². The number of aliphatic hydroxyl groups is 1. The lowest BCUT2D eigenvalue weighted by molar-refractivity contribution is -0.202. The molecule has 1 aliphatic carbocycles. The summed E-state index contributed by atoms with van der Waals surface area (Å²) in [5.41, 5.74) is 0.675. The average Bonchev–Trinajstić information content (AvgIpc) is 3.98. The molecule has 4 rings (SSSR count). The monoisotopic (exact) mass is 1040 g/mol. The van der Waals surface area contributed by atoms with Crippen LogP contribution in [0.2, 0.25) is 0 Å². The smallest absolute Gasteiger partial charge is 0.410 e. The molecule has 1 aromatic carbocycles. The lowest BCUT2D eigenvalue weighted by atomic mass is 9.89. The number of likely N-dealkylation sites (N-methyl/N-ethyl adjacent to an activating group) is 2. The van der Waals surface area contributed by atoms with Crippen LogP contribution in [0.1, 0.15) is 131 Å². The Morgan fingerprint density at radius 1 is 0.824 bits per heavy atom. The van der Waals surface area contributed by atoms with Gasteiger partial charge in [0.1, 0.15) is 24.8 Å². The zero-order valence-corrected chi connectivity index (χ0v) is 45.7. The summed E-state index contributed by atoms with van der Waals surface area (Å²) in [6.45, 7) is 14.4. The maximum atomic E-state index is 14.8. The Morgan fingerprint density at radius 3 is 2.08 bits per heavy atom. The highest BCUT2D eigenvalue weighted by molar-refractivity contribution is 6.01. The Kier molecular flexibility index (Phi) is 24.0. The van der Waals surface area contributed by atoms with E-state index >= 15 is 0 Å².